The largest absolute Gasteiger partial charge is 0.466 e. The normalized spacial score (nSPS) is 11.8. The minimum Gasteiger partial charge on any atom is -0.466 e. The van der Waals surface area contributed by atoms with Gasteiger partial charge in [0, 0.05) is 18.1 Å². The number of ether oxygens (including phenoxy) is 3. The summed E-state index contributed by atoms with van der Waals surface area (Å²) in [5.74, 6) is -0.334. The molecule has 5 heteroatoms. The highest BCUT2D eigenvalue weighted by atomic mass is 16.7. The zero-order valence-electron chi connectivity index (χ0n) is 13.0. The van der Waals surface area contributed by atoms with Crippen LogP contribution in [0.2, 0.25) is 0 Å². The maximum atomic E-state index is 11.5. The monoisotopic (exact) mass is 304 g/mol. The van der Waals surface area contributed by atoms with E-state index in [1.54, 1.807) is 37.3 Å². The number of rotatable bonds is 7. The maximum Gasteiger partial charge on any atom is 0.336 e. The summed E-state index contributed by atoms with van der Waals surface area (Å²) in [6.07, 6.45) is 2.82. The highest BCUT2D eigenvalue weighted by molar-refractivity contribution is 5.87. The third-order valence-corrected chi connectivity index (χ3v) is 2.68. The summed E-state index contributed by atoms with van der Waals surface area (Å²) in [6, 6.07) is 7.02. The second-order valence-electron chi connectivity index (χ2n) is 4.57. The van der Waals surface area contributed by atoms with Gasteiger partial charge >= 0.3 is 11.9 Å². The van der Waals surface area contributed by atoms with E-state index in [0.29, 0.717) is 17.7 Å². The molecule has 0 bridgehead atoms. The van der Waals surface area contributed by atoms with Crippen molar-refractivity contribution < 1.29 is 23.8 Å². The minimum atomic E-state index is -0.666. The van der Waals surface area contributed by atoms with Crippen LogP contribution >= 0.6 is 0 Å². The lowest BCUT2D eigenvalue weighted by Gasteiger charge is -2.18. The van der Waals surface area contributed by atoms with E-state index < -0.39 is 18.2 Å². The Morgan fingerprint density at radius 3 is 2.41 bits per heavy atom. The van der Waals surface area contributed by atoms with Crippen LogP contribution in [0, 0.1) is 0 Å². The Balaban J connectivity index is 2.66. The summed E-state index contributed by atoms with van der Waals surface area (Å²) < 4.78 is 15.3. The molecule has 5 nitrogen and oxygen atoms in total. The molecular formula is C17H20O5. The molecule has 0 radical (unpaired) electrons. The first-order chi connectivity index (χ1) is 10.5. The number of methoxy groups -OCH3 is 1. The molecule has 0 saturated heterocycles. The Morgan fingerprint density at radius 1 is 1.27 bits per heavy atom. The lowest BCUT2D eigenvalue weighted by molar-refractivity contribution is -0.159. The summed E-state index contributed by atoms with van der Waals surface area (Å²) in [5, 5.41) is 0. The van der Waals surface area contributed by atoms with E-state index in [4.69, 9.17) is 9.47 Å². The van der Waals surface area contributed by atoms with Crippen LogP contribution in [-0.2, 0) is 19.1 Å². The quantitative estimate of drug-likeness (QED) is 0.440. The molecule has 1 rings (SSSR count). The van der Waals surface area contributed by atoms with Crippen LogP contribution in [0.1, 0.15) is 25.8 Å². The van der Waals surface area contributed by atoms with E-state index in [1.807, 2.05) is 6.92 Å². The molecule has 1 aromatic carbocycles. The van der Waals surface area contributed by atoms with E-state index in [-0.39, 0.29) is 0 Å². The molecule has 1 atom stereocenters. The molecule has 0 aliphatic heterocycles. The van der Waals surface area contributed by atoms with E-state index in [1.165, 1.54) is 13.2 Å². The fraction of sp³-hybridized carbons (Fsp3) is 0.294. The van der Waals surface area contributed by atoms with Crippen molar-refractivity contribution in [2.24, 2.45) is 0 Å². The number of hydrogen-bond donors (Lipinski definition) is 0. The predicted molar refractivity (Wildman–Crippen MR) is 83.1 cm³/mol. The van der Waals surface area contributed by atoms with Crippen molar-refractivity contribution in [1.82, 2.24) is 0 Å². The second kappa shape index (κ2) is 8.67. The lowest BCUT2D eigenvalue weighted by Crippen LogP contribution is -2.23. The fourth-order valence-corrected chi connectivity index (χ4v) is 1.45. The zero-order valence-corrected chi connectivity index (χ0v) is 13.0. The molecule has 0 aromatic heterocycles. The third-order valence-electron chi connectivity index (χ3n) is 2.68. The second-order valence-corrected chi connectivity index (χ2v) is 4.57. The third kappa shape index (κ3) is 5.83. The molecule has 0 heterocycles. The van der Waals surface area contributed by atoms with Gasteiger partial charge in [0.1, 0.15) is 5.75 Å². The standard InChI is InChI=1S/C17H20O5/c1-5-16(22-17(19)12(2)3)21-14-9-6-13(7-10-14)8-11-15(18)20-4/h6-11,16H,2,5H2,1,3-4H3/b11-8+. The first-order valence-electron chi connectivity index (χ1n) is 6.85. The molecule has 0 spiro atoms. The molecule has 118 valence electrons. The number of carbonyl (C=O) groups is 2. The highest BCUT2D eigenvalue weighted by Gasteiger charge is 2.14. The molecule has 1 unspecified atom stereocenters. The Bertz CT molecular complexity index is 557. The molecule has 0 aliphatic carbocycles. The molecule has 0 fully saturated rings. The predicted octanol–water partition coefficient (Wildman–Crippen LogP) is 3.11. The number of carbonyl (C=O) groups excluding carboxylic acids is 2. The van der Waals surface area contributed by atoms with Crippen molar-refractivity contribution in [3.8, 4) is 5.75 Å². The van der Waals surface area contributed by atoms with Gasteiger partial charge in [0.25, 0.3) is 0 Å². The van der Waals surface area contributed by atoms with Gasteiger partial charge in [0.2, 0.25) is 6.29 Å². The Kier molecular flexibility index (Phi) is 6.89. The van der Waals surface area contributed by atoms with Crippen LogP contribution in [0.15, 0.2) is 42.5 Å². The van der Waals surface area contributed by atoms with Gasteiger partial charge in [-0.3, -0.25) is 0 Å². The SMILES string of the molecule is C=C(C)C(=O)OC(CC)Oc1ccc(/C=C/C(=O)OC)cc1. The summed E-state index contributed by atoms with van der Waals surface area (Å²) in [6.45, 7) is 6.96. The van der Waals surface area contributed by atoms with Gasteiger partial charge < -0.3 is 14.2 Å². The molecule has 0 saturated carbocycles. The molecule has 0 N–H and O–H groups in total. The molecular weight excluding hydrogens is 284 g/mol. The first kappa shape index (κ1) is 17.5. The summed E-state index contributed by atoms with van der Waals surface area (Å²) in [5.41, 5.74) is 1.15. The topological polar surface area (TPSA) is 61.8 Å². The Morgan fingerprint density at radius 2 is 1.91 bits per heavy atom. The molecule has 0 amide bonds. The molecule has 22 heavy (non-hydrogen) atoms. The summed E-state index contributed by atoms with van der Waals surface area (Å²) >= 11 is 0. The van der Waals surface area contributed by atoms with Gasteiger partial charge in [-0.05, 0) is 30.7 Å². The van der Waals surface area contributed by atoms with Crippen molar-refractivity contribution in [1.29, 1.82) is 0 Å². The van der Waals surface area contributed by atoms with Crippen molar-refractivity contribution in [3.63, 3.8) is 0 Å². The minimum absolute atomic E-state index is 0.324. The number of benzene rings is 1. The highest BCUT2D eigenvalue weighted by Crippen LogP contribution is 2.17. The summed E-state index contributed by atoms with van der Waals surface area (Å²) in [4.78, 5) is 22.5. The van der Waals surface area contributed by atoms with E-state index >= 15 is 0 Å². The molecule has 0 aliphatic rings. The van der Waals surface area contributed by atoms with Gasteiger partial charge in [-0.25, -0.2) is 9.59 Å². The van der Waals surface area contributed by atoms with Crippen LogP contribution < -0.4 is 4.74 Å². The summed E-state index contributed by atoms with van der Waals surface area (Å²) in [7, 11) is 1.32. The van der Waals surface area contributed by atoms with Crippen LogP contribution in [-0.4, -0.2) is 25.3 Å². The van der Waals surface area contributed by atoms with Crippen LogP contribution in [0.25, 0.3) is 6.08 Å². The van der Waals surface area contributed by atoms with Gasteiger partial charge in [0.15, 0.2) is 0 Å². The van der Waals surface area contributed by atoms with Gasteiger partial charge in [-0.1, -0.05) is 25.6 Å². The Labute approximate surface area is 130 Å². The lowest BCUT2D eigenvalue weighted by atomic mass is 10.2. The van der Waals surface area contributed by atoms with Crippen LogP contribution in [0.4, 0.5) is 0 Å². The molecule has 1 aromatic rings. The van der Waals surface area contributed by atoms with Crippen molar-refractivity contribution >= 4 is 18.0 Å². The Hall–Kier alpha value is -2.56. The van der Waals surface area contributed by atoms with Gasteiger partial charge in [0.05, 0.1) is 7.11 Å². The first-order valence-corrected chi connectivity index (χ1v) is 6.85. The zero-order chi connectivity index (χ0) is 16.5. The van der Waals surface area contributed by atoms with E-state index in [0.717, 1.165) is 5.56 Å². The maximum absolute atomic E-state index is 11.5. The van der Waals surface area contributed by atoms with Crippen molar-refractivity contribution in [2.75, 3.05) is 7.11 Å². The van der Waals surface area contributed by atoms with Crippen LogP contribution in [0.3, 0.4) is 0 Å². The number of esters is 2. The average Bonchev–Trinajstić information content (AvgIpc) is 2.52. The van der Waals surface area contributed by atoms with E-state index in [2.05, 4.69) is 11.3 Å². The van der Waals surface area contributed by atoms with E-state index in [9.17, 15) is 9.59 Å². The van der Waals surface area contributed by atoms with Crippen molar-refractivity contribution in [3.05, 3.63) is 48.1 Å². The van der Waals surface area contributed by atoms with Crippen LogP contribution in [0.5, 0.6) is 5.75 Å². The van der Waals surface area contributed by atoms with Gasteiger partial charge in [-0.15, -0.1) is 0 Å². The van der Waals surface area contributed by atoms with Crippen molar-refractivity contribution in [2.45, 2.75) is 26.6 Å². The number of hydrogen-bond acceptors (Lipinski definition) is 5. The fourth-order valence-electron chi connectivity index (χ4n) is 1.45. The average molecular weight is 304 g/mol. The van der Waals surface area contributed by atoms with Gasteiger partial charge in [-0.2, -0.15) is 0 Å². The smallest absolute Gasteiger partial charge is 0.336 e.